The molecular weight excluding hydrogens is 414 g/mol. The summed E-state index contributed by atoms with van der Waals surface area (Å²) in [6.07, 6.45) is 0.934. The Hall–Kier alpha value is -3.28. The molecule has 2 aromatic carbocycles. The van der Waals surface area contributed by atoms with E-state index in [2.05, 4.69) is 48.8 Å². The molecule has 0 aliphatic carbocycles. The van der Waals surface area contributed by atoms with Gasteiger partial charge in [-0.15, -0.1) is 0 Å². The summed E-state index contributed by atoms with van der Waals surface area (Å²) in [7, 11) is 0. The molecule has 6 nitrogen and oxygen atoms in total. The van der Waals surface area contributed by atoms with Crippen LogP contribution in [0.25, 0.3) is 5.57 Å². The molecule has 0 atom stereocenters. The van der Waals surface area contributed by atoms with Crippen molar-refractivity contribution in [3.63, 3.8) is 0 Å². The molecule has 2 aromatic rings. The number of nitrogens with zero attached hydrogens (tertiary/aromatic N) is 3. The Balaban J connectivity index is 1.60. The van der Waals surface area contributed by atoms with E-state index < -0.39 is 0 Å². The maximum absolute atomic E-state index is 13.3. The van der Waals surface area contributed by atoms with E-state index in [9.17, 15) is 9.59 Å². The summed E-state index contributed by atoms with van der Waals surface area (Å²) in [5, 5.41) is 0. The van der Waals surface area contributed by atoms with Crippen LogP contribution in [0.3, 0.4) is 0 Å². The first-order valence-corrected chi connectivity index (χ1v) is 11.9. The van der Waals surface area contributed by atoms with Crippen LogP contribution < -0.4 is 9.64 Å². The third-order valence-electron chi connectivity index (χ3n) is 6.59. The Kier molecular flexibility index (Phi) is 6.72. The number of imide groups is 1. The van der Waals surface area contributed by atoms with Crippen molar-refractivity contribution in [3.05, 3.63) is 64.9 Å². The van der Waals surface area contributed by atoms with E-state index >= 15 is 0 Å². The van der Waals surface area contributed by atoms with Crippen molar-refractivity contribution >= 4 is 23.1 Å². The van der Waals surface area contributed by atoms with E-state index in [0.717, 1.165) is 30.8 Å². The van der Waals surface area contributed by atoms with Crippen molar-refractivity contribution in [1.82, 2.24) is 9.80 Å². The fraction of sp³-hybridized carbons (Fsp3) is 0.407. The topological polar surface area (TPSA) is 53.1 Å². The molecule has 4 rings (SSSR count). The van der Waals surface area contributed by atoms with Gasteiger partial charge in [-0.3, -0.25) is 14.5 Å². The van der Waals surface area contributed by atoms with Crippen LogP contribution in [0, 0.1) is 13.8 Å². The largest absolute Gasteiger partial charge is 0.494 e. The van der Waals surface area contributed by atoms with Crippen LogP contribution in [0.1, 0.15) is 37.0 Å². The van der Waals surface area contributed by atoms with Gasteiger partial charge in [0.15, 0.2) is 0 Å². The van der Waals surface area contributed by atoms with Crippen molar-refractivity contribution in [2.24, 2.45) is 0 Å². The van der Waals surface area contributed by atoms with Crippen molar-refractivity contribution in [2.45, 2.75) is 34.1 Å². The highest BCUT2D eigenvalue weighted by molar-refractivity contribution is 6.35. The first kappa shape index (κ1) is 22.9. The number of amides is 2. The van der Waals surface area contributed by atoms with E-state index in [1.165, 1.54) is 21.7 Å². The van der Waals surface area contributed by atoms with Gasteiger partial charge in [0.1, 0.15) is 11.4 Å². The molecule has 1 saturated heterocycles. The fourth-order valence-electron chi connectivity index (χ4n) is 4.59. The number of hydrogen-bond donors (Lipinski definition) is 0. The molecule has 0 radical (unpaired) electrons. The van der Waals surface area contributed by atoms with Crippen LogP contribution in [-0.4, -0.2) is 60.9 Å². The summed E-state index contributed by atoms with van der Waals surface area (Å²) < 4.78 is 5.68. The van der Waals surface area contributed by atoms with Gasteiger partial charge < -0.3 is 14.5 Å². The second-order valence-corrected chi connectivity index (χ2v) is 8.64. The van der Waals surface area contributed by atoms with E-state index in [-0.39, 0.29) is 11.8 Å². The number of benzene rings is 2. The van der Waals surface area contributed by atoms with Crippen LogP contribution in [-0.2, 0) is 9.59 Å². The first-order valence-electron chi connectivity index (χ1n) is 11.9. The third kappa shape index (κ3) is 4.34. The smallest absolute Gasteiger partial charge is 0.277 e. The van der Waals surface area contributed by atoms with Gasteiger partial charge >= 0.3 is 0 Å². The molecule has 0 spiro atoms. The average molecular weight is 448 g/mol. The lowest BCUT2D eigenvalue weighted by molar-refractivity contribution is -0.137. The first-order chi connectivity index (χ1) is 16.0. The summed E-state index contributed by atoms with van der Waals surface area (Å²) in [6.45, 7) is 12.2. The number of carbonyl (C=O) groups excluding carboxylic acids is 2. The second kappa shape index (κ2) is 9.69. The molecule has 0 aromatic heterocycles. The van der Waals surface area contributed by atoms with E-state index in [1.54, 1.807) is 0 Å². The Morgan fingerprint density at radius 2 is 1.52 bits per heavy atom. The SMILES string of the molecule is CCCOc1ccc(C2=C(N3CCN(c4cccc(C)c4C)CC3)C(=O)N(CC)C2=O)cc1. The van der Waals surface area contributed by atoms with Crippen molar-refractivity contribution in [1.29, 1.82) is 0 Å². The Morgan fingerprint density at radius 3 is 2.15 bits per heavy atom. The van der Waals surface area contributed by atoms with Gasteiger partial charge in [-0.25, -0.2) is 0 Å². The molecular formula is C27H33N3O3. The fourth-order valence-corrected chi connectivity index (χ4v) is 4.59. The van der Waals surface area contributed by atoms with E-state index in [4.69, 9.17) is 4.74 Å². The number of hydrogen-bond acceptors (Lipinski definition) is 5. The summed E-state index contributed by atoms with van der Waals surface area (Å²) in [5.41, 5.74) is 5.62. The Morgan fingerprint density at radius 1 is 0.848 bits per heavy atom. The van der Waals surface area contributed by atoms with Crippen LogP contribution in [0.15, 0.2) is 48.2 Å². The molecule has 0 N–H and O–H groups in total. The molecule has 2 amide bonds. The second-order valence-electron chi connectivity index (χ2n) is 8.64. The zero-order chi connectivity index (χ0) is 23.5. The highest BCUT2D eigenvalue weighted by atomic mass is 16.5. The highest BCUT2D eigenvalue weighted by Crippen LogP contribution is 2.33. The van der Waals surface area contributed by atoms with Crippen LogP contribution in [0.2, 0.25) is 0 Å². The molecule has 33 heavy (non-hydrogen) atoms. The predicted octanol–water partition coefficient (Wildman–Crippen LogP) is 4.01. The Labute approximate surface area is 196 Å². The highest BCUT2D eigenvalue weighted by Gasteiger charge is 2.41. The summed E-state index contributed by atoms with van der Waals surface area (Å²) in [4.78, 5) is 32.3. The number of likely N-dealkylation sites (N-methyl/N-ethyl adjacent to an activating group) is 1. The standard InChI is InChI=1S/C27H33N3O3/c1-5-18-33-22-12-10-21(11-13-22)24-25(27(32)30(6-2)26(24)31)29-16-14-28(15-17-29)23-9-7-8-19(3)20(23)4/h7-13H,5-6,14-18H2,1-4H3. The number of carbonyl (C=O) groups is 2. The zero-order valence-electron chi connectivity index (χ0n) is 20.1. The van der Waals surface area contributed by atoms with Crippen molar-refractivity contribution in [3.8, 4) is 5.75 Å². The molecule has 174 valence electrons. The van der Waals surface area contributed by atoms with Gasteiger partial charge in [0, 0.05) is 38.4 Å². The van der Waals surface area contributed by atoms with E-state index in [0.29, 0.717) is 37.5 Å². The summed E-state index contributed by atoms with van der Waals surface area (Å²) in [6, 6.07) is 13.9. The minimum atomic E-state index is -0.211. The Bertz CT molecular complexity index is 1070. The van der Waals surface area contributed by atoms with E-state index in [1.807, 2.05) is 31.2 Å². The van der Waals surface area contributed by atoms with Gasteiger partial charge in [-0.2, -0.15) is 0 Å². The summed E-state index contributed by atoms with van der Waals surface area (Å²) >= 11 is 0. The molecule has 0 bridgehead atoms. The van der Waals surface area contributed by atoms with Gasteiger partial charge in [0.2, 0.25) is 0 Å². The molecule has 1 fully saturated rings. The number of aryl methyl sites for hydroxylation is 1. The van der Waals surface area contributed by atoms with Crippen LogP contribution in [0.4, 0.5) is 5.69 Å². The van der Waals surface area contributed by atoms with Gasteiger partial charge in [0.25, 0.3) is 11.8 Å². The van der Waals surface area contributed by atoms with Gasteiger partial charge in [-0.05, 0) is 62.1 Å². The lowest BCUT2D eigenvalue weighted by Crippen LogP contribution is -2.47. The van der Waals surface area contributed by atoms with Gasteiger partial charge in [-0.1, -0.05) is 31.2 Å². The predicted molar refractivity (Wildman–Crippen MR) is 131 cm³/mol. The number of rotatable bonds is 7. The monoisotopic (exact) mass is 447 g/mol. The number of ether oxygens (including phenoxy) is 1. The quantitative estimate of drug-likeness (QED) is 0.600. The van der Waals surface area contributed by atoms with Crippen LogP contribution in [0.5, 0.6) is 5.75 Å². The van der Waals surface area contributed by atoms with Gasteiger partial charge in [0.05, 0.1) is 12.2 Å². The number of piperazine rings is 1. The third-order valence-corrected chi connectivity index (χ3v) is 6.59. The minimum Gasteiger partial charge on any atom is -0.494 e. The van der Waals surface area contributed by atoms with Crippen molar-refractivity contribution in [2.75, 3.05) is 44.2 Å². The summed E-state index contributed by atoms with van der Waals surface area (Å²) in [5.74, 6) is 0.370. The molecule has 6 heteroatoms. The lowest BCUT2D eigenvalue weighted by Gasteiger charge is -2.38. The normalized spacial score (nSPS) is 16.8. The van der Waals surface area contributed by atoms with Crippen LogP contribution >= 0.6 is 0 Å². The minimum absolute atomic E-state index is 0.191. The van der Waals surface area contributed by atoms with Crippen molar-refractivity contribution < 1.29 is 14.3 Å². The average Bonchev–Trinajstić information content (AvgIpc) is 3.09. The maximum Gasteiger partial charge on any atom is 0.277 e. The zero-order valence-corrected chi connectivity index (χ0v) is 20.1. The lowest BCUT2D eigenvalue weighted by atomic mass is 10.0. The number of anilines is 1. The maximum atomic E-state index is 13.3. The molecule has 2 aliphatic heterocycles. The molecule has 2 aliphatic rings. The molecule has 2 heterocycles. The molecule has 0 saturated carbocycles. The molecule has 0 unspecified atom stereocenters.